The summed E-state index contributed by atoms with van der Waals surface area (Å²) in [5.41, 5.74) is 1.45. The lowest BCUT2D eigenvalue weighted by molar-refractivity contribution is 0.202. The van der Waals surface area contributed by atoms with E-state index in [2.05, 4.69) is 47.1 Å². The first kappa shape index (κ1) is 13.3. The first-order valence-corrected chi connectivity index (χ1v) is 6.99. The van der Waals surface area contributed by atoms with Crippen molar-refractivity contribution >= 4 is 0 Å². The van der Waals surface area contributed by atoms with Gasteiger partial charge in [-0.25, -0.2) is 0 Å². The zero-order chi connectivity index (χ0) is 12.6. The van der Waals surface area contributed by atoms with Crippen molar-refractivity contribution in [2.75, 3.05) is 26.2 Å². The van der Waals surface area contributed by atoms with Crippen LogP contribution in [-0.4, -0.2) is 37.1 Å². The Morgan fingerprint density at radius 3 is 2.61 bits per heavy atom. The predicted molar refractivity (Wildman–Crippen MR) is 77.8 cm³/mol. The van der Waals surface area contributed by atoms with Crippen LogP contribution in [0.1, 0.15) is 18.4 Å². The Morgan fingerprint density at radius 2 is 1.94 bits per heavy atom. The Balaban J connectivity index is 1.66. The maximum absolute atomic E-state index is 3.75. The Kier molecular flexibility index (Phi) is 5.43. The molecule has 1 aromatic rings. The van der Waals surface area contributed by atoms with Gasteiger partial charge in [0.05, 0.1) is 0 Å². The molecule has 2 nitrogen and oxygen atoms in total. The second kappa shape index (κ2) is 7.34. The minimum absolute atomic E-state index is 0.691. The number of rotatable bonds is 6. The van der Waals surface area contributed by atoms with Gasteiger partial charge in [-0.05, 0) is 37.9 Å². The van der Waals surface area contributed by atoms with Gasteiger partial charge in [0.25, 0.3) is 0 Å². The van der Waals surface area contributed by atoms with Crippen molar-refractivity contribution in [3.63, 3.8) is 0 Å². The molecule has 0 amide bonds. The molecule has 1 heterocycles. The highest BCUT2D eigenvalue weighted by Crippen LogP contribution is 2.11. The Morgan fingerprint density at radius 1 is 1.22 bits per heavy atom. The van der Waals surface area contributed by atoms with Crippen molar-refractivity contribution in [3.8, 4) is 0 Å². The number of nitrogens with one attached hydrogen (secondary N) is 1. The topological polar surface area (TPSA) is 15.3 Å². The maximum atomic E-state index is 3.75. The smallest absolute Gasteiger partial charge is 0.0134 e. The summed E-state index contributed by atoms with van der Waals surface area (Å²) in [6, 6.07) is 11.5. The monoisotopic (exact) mass is 244 g/mol. The van der Waals surface area contributed by atoms with Crippen LogP contribution >= 0.6 is 0 Å². The number of benzene rings is 1. The van der Waals surface area contributed by atoms with E-state index in [1.807, 2.05) is 6.08 Å². The Hall–Kier alpha value is -1.12. The summed E-state index contributed by atoms with van der Waals surface area (Å²) in [5, 5.41) is 3.52. The van der Waals surface area contributed by atoms with Gasteiger partial charge in [0.15, 0.2) is 0 Å². The van der Waals surface area contributed by atoms with Crippen LogP contribution < -0.4 is 5.32 Å². The van der Waals surface area contributed by atoms with E-state index in [1.54, 1.807) is 0 Å². The molecule has 1 aromatic carbocycles. The van der Waals surface area contributed by atoms with E-state index < -0.39 is 0 Å². The molecular formula is C16H24N2. The molecule has 0 aromatic heterocycles. The number of hydrogen-bond acceptors (Lipinski definition) is 2. The number of nitrogens with zero attached hydrogens (tertiary/aromatic N) is 1. The normalized spacial score (nSPS) is 17.8. The van der Waals surface area contributed by atoms with Crippen LogP contribution in [0.15, 0.2) is 43.0 Å². The second-order valence-corrected chi connectivity index (χ2v) is 5.05. The van der Waals surface area contributed by atoms with Crippen molar-refractivity contribution < 1.29 is 0 Å². The van der Waals surface area contributed by atoms with E-state index in [0.717, 1.165) is 6.54 Å². The lowest BCUT2D eigenvalue weighted by atomic mass is 10.0. The van der Waals surface area contributed by atoms with Crippen LogP contribution in [0.5, 0.6) is 0 Å². The summed E-state index contributed by atoms with van der Waals surface area (Å²) in [6.45, 7) is 8.33. The molecule has 0 saturated carbocycles. The largest absolute Gasteiger partial charge is 0.310 e. The van der Waals surface area contributed by atoms with Gasteiger partial charge in [-0.15, -0.1) is 6.58 Å². The van der Waals surface area contributed by atoms with Crippen molar-refractivity contribution in [3.05, 3.63) is 48.6 Å². The fourth-order valence-electron chi connectivity index (χ4n) is 2.54. The van der Waals surface area contributed by atoms with Crippen molar-refractivity contribution in [1.82, 2.24) is 10.2 Å². The van der Waals surface area contributed by atoms with Crippen molar-refractivity contribution in [1.29, 1.82) is 0 Å². The molecule has 18 heavy (non-hydrogen) atoms. The zero-order valence-corrected chi connectivity index (χ0v) is 11.1. The third-order valence-corrected chi connectivity index (χ3v) is 3.70. The Labute approximate surface area is 111 Å². The highest BCUT2D eigenvalue weighted by atomic mass is 15.1. The summed E-state index contributed by atoms with van der Waals surface area (Å²) < 4.78 is 0. The summed E-state index contributed by atoms with van der Waals surface area (Å²) >= 11 is 0. The van der Waals surface area contributed by atoms with Gasteiger partial charge < -0.3 is 10.2 Å². The van der Waals surface area contributed by atoms with Gasteiger partial charge in [0.1, 0.15) is 0 Å². The van der Waals surface area contributed by atoms with E-state index >= 15 is 0 Å². The van der Waals surface area contributed by atoms with Crippen LogP contribution in [0.3, 0.4) is 0 Å². The van der Waals surface area contributed by atoms with Crippen LogP contribution in [0.25, 0.3) is 0 Å². The molecule has 98 valence electrons. The SMILES string of the molecule is C=CCNC1CCN(CCc2ccccc2)CC1. The standard InChI is InChI=1S/C16H24N2/c1-2-11-17-16-9-13-18(14-10-16)12-8-15-6-4-3-5-7-15/h2-7,16-17H,1,8-14H2. The summed E-state index contributed by atoms with van der Waals surface area (Å²) in [5.74, 6) is 0. The van der Waals surface area contributed by atoms with E-state index in [0.29, 0.717) is 6.04 Å². The van der Waals surface area contributed by atoms with Crippen molar-refractivity contribution in [2.24, 2.45) is 0 Å². The van der Waals surface area contributed by atoms with E-state index in [1.165, 1.54) is 44.5 Å². The molecule has 0 atom stereocenters. The average molecular weight is 244 g/mol. The predicted octanol–water partition coefficient (Wildman–Crippen LogP) is 2.47. The molecule has 0 unspecified atom stereocenters. The minimum atomic E-state index is 0.691. The van der Waals surface area contributed by atoms with Gasteiger partial charge in [0, 0.05) is 19.1 Å². The van der Waals surface area contributed by atoms with Gasteiger partial charge in [-0.1, -0.05) is 36.4 Å². The van der Waals surface area contributed by atoms with Gasteiger partial charge in [-0.3, -0.25) is 0 Å². The molecule has 0 bridgehead atoms. The van der Waals surface area contributed by atoms with Crippen LogP contribution in [0.4, 0.5) is 0 Å². The molecule has 1 aliphatic heterocycles. The third kappa shape index (κ3) is 4.28. The van der Waals surface area contributed by atoms with Gasteiger partial charge in [-0.2, -0.15) is 0 Å². The number of likely N-dealkylation sites (tertiary alicyclic amines) is 1. The molecule has 0 aliphatic carbocycles. The van der Waals surface area contributed by atoms with Crippen LogP contribution in [0, 0.1) is 0 Å². The summed E-state index contributed by atoms with van der Waals surface area (Å²) in [4.78, 5) is 2.58. The van der Waals surface area contributed by atoms with Crippen LogP contribution in [0.2, 0.25) is 0 Å². The van der Waals surface area contributed by atoms with Gasteiger partial charge in [0.2, 0.25) is 0 Å². The Bertz CT molecular complexity index is 339. The van der Waals surface area contributed by atoms with E-state index in [-0.39, 0.29) is 0 Å². The third-order valence-electron chi connectivity index (χ3n) is 3.70. The van der Waals surface area contributed by atoms with E-state index in [9.17, 15) is 0 Å². The first-order valence-electron chi connectivity index (χ1n) is 6.99. The molecule has 2 rings (SSSR count). The average Bonchev–Trinajstić information content (AvgIpc) is 2.45. The molecule has 1 saturated heterocycles. The zero-order valence-electron chi connectivity index (χ0n) is 11.1. The molecule has 0 radical (unpaired) electrons. The molecule has 1 aliphatic rings. The molecule has 0 spiro atoms. The molecular weight excluding hydrogens is 220 g/mol. The fraction of sp³-hybridized carbons (Fsp3) is 0.500. The van der Waals surface area contributed by atoms with Crippen LogP contribution in [-0.2, 0) is 6.42 Å². The quantitative estimate of drug-likeness (QED) is 0.773. The molecule has 1 fully saturated rings. The lowest BCUT2D eigenvalue weighted by Gasteiger charge is -2.32. The summed E-state index contributed by atoms with van der Waals surface area (Å²) in [7, 11) is 0. The van der Waals surface area contributed by atoms with E-state index in [4.69, 9.17) is 0 Å². The first-order chi connectivity index (χ1) is 8.88. The maximum Gasteiger partial charge on any atom is 0.0134 e. The van der Waals surface area contributed by atoms with Crippen molar-refractivity contribution in [2.45, 2.75) is 25.3 Å². The molecule has 2 heteroatoms. The number of hydrogen-bond donors (Lipinski definition) is 1. The second-order valence-electron chi connectivity index (χ2n) is 5.05. The summed E-state index contributed by atoms with van der Waals surface area (Å²) in [6.07, 6.45) is 5.65. The highest BCUT2D eigenvalue weighted by Gasteiger charge is 2.17. The van der Waals surface area contributed by atoms with Gasteiger partial charge >= 0.3 is 0 Å². The lowest BCUT2D eigenvalue weighted by Crippen LogP contribution is -2.43. The minimum Gasteiger partial charge on any atom is -0.310 e. The fourth-order valence-corrected chi connectivity index (χ4v) is 2.54. The molecule has 1 N–H and O–H groups in total. The number of piperidine rings is 1. The highest BCUT2D eigenvalue weighted by molar-refractivity contribution is 5.14.